The van der Waals surface area contributed by atoms with Crippen LogP contribution in [-0.4, -0.2) is 13.6 Å². The van der Waals surface area contributed by atoms with Gasteiger partial charge in [0.1, 0.15) is 0 Å². The van der Waals surface area contributed by atoms with E-state index in [9.17, 15) is 0 Å². The Morgan fingerprint density at radius 1 is 1.18 bits per heavy atom. The van der Waals surface area contributed by atoms with Crippen molar-refractivity contribution < 1.29 is 0 Å². The van der Waals surface area contributed by atoms with Gasteiger partial charge in [0.05, 0.1) is 0 Å². The van der Waals surface area contributed by atoms with E-state index in [1.54, 1.807) is 0 Å². The summed E-state index contributed by atoms with van der Waals surface area (Å²) in [7, 11) is 2.06. The van der Waals surface area contributed by atoms with Crippen LogP contribution in [0.25, 0.3) is 0 Å². The van der Waals surface area contributed by atoms with Gasteiger partial charge < -0.3 is 5.32 Å². The summed E-state index contributed by atoms with van der Waals surface area (Å²) in [6.45, 7) is 6.00. The van der Waals surface area contributed by atoms with Crippen molar-refractivity contribution >= 4 is 0 Å². The molecule has 1 rings (SSSR count). The maximum Gasteiger partial charge on any atom is -0.00234 e. The van der Waals surface area contributed by atoms with E-state index in [0.717, 1.165) is 17.8 Å². The van der Waals surface area contributed by atoms with Crippen molar-refractivity contribution in [2.75, 3.05) is 13.6 Å². The molecule has 1 nitrogen and oxygen atoms in total. The summed E-state index contributed by atoms with van der Waals surface area (Å²) in [6, 6.07) is 0. The molecule has 0 heterocycles. The second-order valence-corrected chi connectivity index (χ2v) is 4.19. The van der Waals surface area contributed by atoms with E-state index in [2.05, 4.69) is 26.2 Å². The molecule has 1 heteroatoms. The maximum atomic E-state index is 3.27. The molecule has 3 atom stereocenters. The van der Waals surface area contributed by atoms with Gasteiger partial charge in [-0.2, -0.15) is 0 Å². The minimum Gasteiger partial charge on any atom is -0.319 e. The molecule has 1 N–H and O–H groups in total. The van der Waals surface area contributed by atoms with E-state index in [-0.39, 0.29) is 0 Å². The third-order valence-electron chi connectivity index (χ3n) is 3.20. The molecule has 1 saturated carbocycles. The minimum absolute atomic E-state index is 0.946. The molecular formula is C10H21N. The molecule has 3 unspecified atom stereocenters. The molecule has 0 radical (unpaired) electrons. The van der Waals surface area contributed by atoms with Crippen molar-refractivity contribution in [2.45, 2.75) is 33.1 Å². The highest BCUT2D eigenvalue weighted by atomic mass is 14.8. The SMILES string of the molecule is CNCC1CCC(C)C(C)C1. The Hall–Kier alpha value is -0.0400. The summed E-state index contributed by atoms with van der Waals surface area (Å²) in [4.78, 5) is 0. The second-order valence-electron chi connectivity index (χ2n) is 4.19. The molecule has 0 amide bonds. The first-order chi connectivity index (χ1) is 5.24. The Balaban J connectivity index is 2.28. The molecule has 1 fully saturated rings. The number of hydrogen-bond donors (Lipinski definition) is 1. The van der Waals surface area contributed by atoms with E-state index < -0.39 is 0 Å². The Labute approximate surface area is 70.6 Å². The maximum absolute atomic E-state index is 3.27. The quantitative estimate of drug-likeness (QED) is 0.645. The first kappa shape index (κ1) is 9.05. The zero-order valence-corrected chi connectivity index (χ0v) is 8.06. The largest absolute Gasteiger partial charge is 0.319 e. The fourth-order valence-corrected chi connectivity index (χ4v) is 2.13. The Bertz CT molecular complexity index is 111. The number of hydrogen-bond acceptors (Lipinski definition) is 1. The van der Waals surface area contributed by atoms with Crippen LogP contribution in [0.2, 0.25) is 0 Å². The molecule has 0 spiro atoms. The van der Waals surface area contributed by atoms with Gasteiger partial charge in [0, 0.05) is 0 Å². The van der Waals surface area contributed by atoms with Gasteiger partial charge in [0.25, 0.3) is 0 Å². The van der Waals surface area contributed by atoms with Crippen molar-refractivity contribution in [2.24, 2.45) is 17.8 Å². The Morgan fingerprint density at radius 2 is 1.91 bits per heavy atom. The van der Waals surface area contributed by atoms with Gasteiger partial charge in [-0.25, -0.2) is 0 Å². The first-order valence-electron chi connectivity index (χ1n) is 4.88. The molecule has 1 aliphatic carbocycles. The predicted molar refractivity (Wildman–Crippen MR) is 49.6 cm³/mol. The molecule has 0 aromatic rings. The summed E-state index contributed by atoms with van der Waals surface area (Å²) in [5.74, 6) is 2.86. The highest BCUT2D eigenvalue weighted by Gasteiger charge is 2.23. The van der Waals surface area contributed by atoms with Crippen LogP contribution in [0, 0.1) is 17.8 Å². The average molecular weight is 155 g/mol. The molecule has 0 aliphatic heterocycles. The highest BCUT2D eigenvalue weighted by Crippen LogP contribution is 2.32. The fraction of sp³-hybridized carbons (Fsp3) is 1.00. The van der Waals surface area contributed by atoms with Crippen LogP contribution in [0.3, 0.4) is 0 Å². The highest BCUT2D eigenvalue weighted by molar-refractivity contribution is 4.75. The zero-order chi connectivity index (χ0) is 8.27. The van der Waals surface area contributed by atoms with Crippen molar-refractivity contribution in [3.63, 3.8) is 0 Å². The van der Waals surface area contributed by atoms with Gasteiger partial charge in [0.2, 0.25) is 0 Å². The number of nitrogens with one attached hydrogen (secondary N) is 1. The van der Waals surface area contributed by atoms with Crippen molar-refractivity contribution in [3.05, 3.63) is 0 Å². The van der Waals surface area contributed by atoms with Crippen LogP contribution in [-0.2, 0) is 0 Å². The topological polar surface area (TPSA) is 12.0 Å². The third-order valence-corrected chi connectivity index (χ3v) is 3.20. The van der Waals surface area contributed by atoms with Crippen molar-refractivity contribution in [1.82, 2.24) is 5.32 Å². The van der Waals surface area contributed by atoms with Crippen LogP contribution in [0.1, 0.15) is 33.1 Å². The molecule has 11 heavy (non-hydrogen) atoms. The summed E-state index contributed by atoms with van der Waals surface area (Å²) in [5, 5.41) is 3.27. The lowest BCUT2D eigenvalue weighted by Crippen LogP contribution is -2.27. The van der Waals surface area contributed by atoms with Gasteiger partial charge in [-0.1, -0.05) is 20.3 Å². The summed E-state index contributed by atoms with van der Waals surface area (Å²) >= 11 is 0. The van der Waals surface area contributed by atoms with Gasteiger partial charge in [-0.15, -0.1) is 0 Å². The summed E-state index contributed by atoms with van der Waals surface area (Å²) < 4.78 is 0. The van der Waals surface area contributed by atoms with Crippen LogP contribution in [0.4, 0.5) is 0 Å². The summed E-state index contributed by atoms with van der Waals surface area (Å²) in [5.41, 5.74) is 0. The van der Waals surface area contributed by atoms with Crippen LogP contribution in [0.15, 0.2) is 0 Å². The predicted octanol–water partition coefficient (Wildman–Crippen LogP) is 2.28. The standard InChI is InChI=1S/C10H21N/c1-8-4-5-10(7-11-3)6-9(8)2/h8-11H,4-7H2,1-3H3. The van der Waals surface area contributed by atoms with Crippen LogP contribution < -0.4 is 5.32 Å². The van der Waals surface area contributed by atoms with E-state index >= 15 is 0 Å². The lowest BCUT2D eigenvalue weighted by molar-refractivity contribution is 0.207. The summed E-state index contributed by atoms with van der Waals surface area (Å²) in [6.07, 6.45) is 4.31. The lowest BCUT2D eigenvalue weighted by Gasteiger charge is -2.31. The first-order valence-corrected chi connectivity index (χ1v) is 4.88. The molecule has 1 aliphatic rings. The van der Waals surface area contributed by atoms with Gasteiger partial charge in [0.15, 0.2) is 0 Å². The second kappa shape index (κ2) is 4.10. The van der Waals surface area contributed by atoms with Gasteiger partial charge in [-0.3, -0.25) is 0 Å². The number of rotatable bonds is 2. The molecule has 66 valence electrons. The fourth-order valence-electron chi connectivity index (χ4n) is 2.13. The van der Waals surface area contributed by atoms with Crippen molar-refractivity contribution in [1.29, 1.82) is 0 Å². The van der Waals surface area contributed by atoms with Crippen LogP contribution in [0.5, 0.6) is 0 Å². The Kier molecular flexibility index (Phi) is 3.38. The van der Waals surface area contributed by atoms with Crippen LogP contribution >= 0.6 is 0 Å². The lowest BCUT2D eigenvalue weighted by atomic mass is 9.76. The molecular weight excluding hydrogens is 134 g/mol. The molecule has 0 bridgehead atoms. The van der Waals surface area contributed by atoms with E-state index in [4.69, 9.17) is 0 Å². The normalized spacial score (nSPS) is 39.0. The van der Waals surface area contributed by atoms with E-state index in [1.807, 2.05) is 0 Å². The van der Waals surface area contributed by atoms with Gasteiger partial charge >= 0.3 is 0 Å². The van der Waals surface area contributed by atoms with E-state index in [1.165, 1.54) is 25.8 Å². The molecule has 0 aromatic carbocycles. The molecule has 0 aromatic heterocycles. The van der Waals surface area contributed by atoms with Crippen molar-refractivity contribution in [3.8, 4) is 0 Å². The third kappa shape index (κ3) is 2.48. The Morgan fingerprint density at radius 3 is 2.45 bits per heavy atom. The minimum atomic E-state index is 0.946. The zero-order valence-electron chi connectivity index (χ0n) is 8.06. The monoisotopic (exact) mass is 155 g/mol. The van der Waals surface area contributed by atoms with Gasteiger partial charge in [-0.05, 0) is 44.2 Å². The smallest absolute Gasteiger partial charge is 0.00234 e. The average Bonchev–Trinajstić information content (AvgIpc) is 1.98. The molecule has 0 saturated heterocycles. The van der Waals surface area contributed by atoms with E-state index in [0.29, 0.717) is 0 Å².